The van der Waals surface area contributed by atoms with E-state index in [0.29, 0.717) is 17.2 Å². The summed E-state index contributed by atoms with van der Waals surface area (Å²) in [5, 5.41) is 3.00. The number of benzene rings is 1. The summed E-state index contributed by atoms with van der Waals surface area (Å²) in [7, 11) is 0. The maximum absolute atomic E-state index is 12.3. The fourth-order valence-corrected chi connectivity index (χ4v) is 2.31. The van der Waals surface area contributed by atoms with Gasteiger partial charge in [-0.05, 0) is 43.9 Å². The highest BCUT2D eigenvalue weighted by atomic mass is 16.3. The van der Waals surface area contributed by atoms with E-state index in [-0.39, 0.29) is 5.91 Å². The Bertz CT molecular complexity index is 613. The molecule has 0 saturated carbocycles. The van der Waals surface area contributed by atoms with Crippen LogP contribution in [0.2, 0.25) is 0 Å². The normalized spacial score (nSPS) is 12.2. The third kappa shape index (κ3) is 2.93. The van der Waals surface area contributed by atoms with Gasteiger partial charge in [-0.25, -0.2) is 0 Å². The minimum Gasteiger partial charge on any atom is -0.466 e. The van der Waals surface area contributed by atoms with Crippen LogP contribution in [0.25, 0.3) is 0 Å². The third-order valence-electron chi connectivity index (χ3n) is 3.64. The third-order valence-corrected chi connectivity index (χ3v) is 3.64. The molecule has 0 aliphatic rings. The lowest BCUT2D eigenvalue weighted by atomic mass is 9.97. The molecule has 0 unspecified atom stereocenters. The second-order valence-corrected chi connectivity index (χ2v) is 5.18. The van der Waals surface area contributed by atoms with Gasteiger partial charge in [0.15, 0.2) is 0 Å². The predicted octanol–water partition coefficient (Wildman–Crippen LogP) is 4.66. The number of furan rings is 1. The molecule has 0 radical (unpaired) electrons. The molecule has 0 fully saturated rings. The summed E-state index contributed by atoms with van der Waals surface area (Å²) >= 11 is 0. The SMILES string of the molecule is CC[C@@H](C)c1ccccc1NC(=O)c1cc(C)oc1C. The molecule has 0 aliphatic carbocycles. The summed E-state index contributed by atoms with van der Waals surface area (Å²) in [6, 6.07) is 9.73. The molecule has 1 aromatic carbocycles. The molecule has 0 saturated heterocycles. The second kappa shape index (κ2) is 5.95. The van der Waals surface area contributed by atoms with Gasteiger partial charge in [0.1, 0.15) is 11.5 Å². The van der Waals surface area contributed by atoms with Crippen molar-refractivity contribution in [1.82, 2.24) is 0 Å². The van der Waals surface area contributed by atoms with Crippen molar-refractivity contribution in [2.75, 3.05) is 5.32 Å². The molecule has 0 aliphatic heterocycles. The number of para-hydroxylation sites is 1. The monoisotopic (exact) mass is 271 g/mol. The van der Waals surface area contributed by atoms with E-state index in [4.69, 9.17) is 4.42 Å². The first kappa shape index (κ1) is 14.4. The van der Waals surface area contributed by atoms with Crippen LogP contribution in [0.1, 0.15) is 53.6 Å². The summed E-state index contributed by atoms with van der Waals surface area (Å²) in [5.41, 5.74) is 2.65. The van der Waals surface area contributed by atoms with Crippen LogP contribution in [0.5, 0.6) is 0 Å². The molecule has 1 amide bonds. The molecule has 3 nitrogen and oxygen atoms in total. The quantitative estimate of drug-likeness (QED) is 0.878. The molecule has 1 aromatic heterocycles. The number of rotatable bonds is 4. The Morgan fingerprint density at radius 2 is 2.00 bits per heavy atom. The van der Waals surface area contributed by atoms with Crippen molar-refractivity contribution in [2.24, 2.45) is 0 Å². The molecule has 3 heteroatoms. The summed E-state index contributed by atoms with van der Waals surface area (Å²) in [4.78, 5) is 12.3. The van der Waals surface area contributed by atoms with E-state index >= 15 is 0 Å². The Hall–Kier alpha value is -2.03. The first-order chi connectivity index (χ1) is 9.52. The lowest BCUT2D eigenvalue weighted by Gasteiger charge is -2.15. The molecule has 106 valence electrons. The van der Waals surface area contributed by atoms with Crippen molar-refractivity contribution in [3.8, 4) is 0 Å². The number of amides is 1. The van der Waals surface area contributed by atoms with Crippen LogP contribution in [-0.2, 0) is 0 Å². The zero-order valence-corrected chi connectivity index (χ0v) is 12.5. The van der Waals surface area contributed by atoms with Crippen molar-refractivity contribution in [2.45, 2.75) is 40.0 Å². The van der Waals surface area contributed by atoms with Crippen molar-refractivity contribution in [3.05, 3.63) is 53.0 Å². The Morgan fingerprint density at radius 1 is 1.30 bits per heavy atom. The van der Waals surface area contributed by atoms with Crippen LogP contribution < -0.4 is 5.32 Å². The van der Waals surface area contributed by atoms with Gasteiger partial charge in [-0.2, -0.15) is 0 Å². The Labute approximate surface area is 120 Å². The Kier molecular flexibility index (Phi) is 4.28. The number of anilines is 1. The topological polar surface area (TPSA) is 42.2 Å². The van der Waals surface area contributed by atoms with Gasteiger partial charge in [-0.15, -0.1) is 0 Å². The molecule has 1 N–H and O–H groups in total. The lowest BCUT2D eigenvalue weighted by Crippen LogP contribution is -2.14. The maximum atomic E-state index is 12.3. The zero-order chi connectivity index (χ0) is 14.7. The molecule has 20 heavy (non-hydrogen) atoms. The van der Waals surface area contributed by atoms with Crippen molar-refractivity contribution < 1.29 is 9.21 Å². The number of aryl methyl sites for hydroxylation is 2. The highest BCUT2D eigenvalue weighted by Crippen LogP contribution is 2.27. The maximum Gasteiger partial charge on any atom is 0.259 e. The van der Waals surface area contributed by atoms with Crippen molar-refractivity contribution in [3.63, 3.8) is 0 Å². The van der Waals surface area contributed by atoms with Crippen molar-refractivity contribution >= 4 is 11.6 Å². The largest absolute Gasteiger partial charge is 0.466 e. The van der Waals surface area contributed by atoms with E-state index in [1.807, 2.05) is 32.0 Å². The number of carbonyl (C=O) groups is 1. The lowest BCUT2D eigenvalue weighted by molar-refractivity contribution is 0.102. The number of nitrogens with one attached hydrogen (secondary N) is 1. The molecule has 0 spiro atoms. The number of carbonyl (C=O) groups excluding carboxylic acids is 1. The first-order valence-electron chi connectivity index (χ1n) is 7.00. The molecular formula is C17H21NO2. The van der Waals surface area contributed by atoms with Gasteiger partial charge in [0.05, 0.1) is 5.56 Å². The van der Waals surface area contributed by atoms with Crippen LogP contribution in [0.15, 0.2) is 34.7 Å². The van der Waals surface area contributed by atoms with Gasteiger partial charge < -0.3 is 9.73 Å². The Morgan fingerprint density at radius 3 is 2.60 bits per heavy atom. The molecule has 1 heterocycles. The minimum absolute atomic E-state index is 0.116. The molecular weight excluding hydrogens is 250 g/mol. The summed E-state index contributed by atoms with van der Waals surface area (Å²) in [6.07, 6.45) is 1.04. The second-order valence-electron chi connectivity index (χ2n) is 5.18. The highest BCUT2D eigenvalue weighted by molar-refractivity contribution is 6.05. The fourth-order valence-electron chi connectivity index (χ4n) is 2.31. The number of hydrogen-bond donors (Lipinski definition) is 1. The smallest absolute Gasteiger partial charge is 0.259 e. The Balaban J connectivity index is 2.26. The van der Waals surface area contributed by atoms with Crippen LogP contribution >= 0.6 is 0 Å². The van der Waals surface area contributed by atoms with Crippen LogP contribution in [0, 0.1) is 13.8 Å². The average molecular weight is 271 g/mol. The first-order valence-corrected chi connectivity index (χ1v) is 7.00. The average Bonchev–Trinajstić information content (AvgIpc) is 2.77. The van der Waals surface area contributed by atoms with Gasteiger partial charge in [-0.1, -0.05) is 32.0 Å². The minimum atomic E-state index is -0.116. The highest BCUT2D eigenvalue weighted by Gasteiger charge is 2.16. The van der Waals surface area contributed by atoms with E-state index in [1.54, 1.807) is 6.07 Å². The van der Waals surface area contributed by atoms with Crippen molar-refractivity contribution in [1.29, 1.82) is 0 Å². The fraction of sp³-hybridized carbons (Fsp3) is 0.353. The molecule has 0 bridgehead atoms. The standard InChI is InChI=1S/C17H21NO2/c1-5-11(2)14-8-6-7-9-16(14)18-17(19)15-10-12(3)20-13(15)4/h6-11H,5H2,1-4H3,(H,18,19)/t11-/m1/s1. The van der Waals surface area contributed by atoms with Gasteiger partial charge in [0.2, 0.25) is 0 Å². The van der Waals surface area contributed by atoms with E-state index in [0.717, 1.165) is 17.9 Å². The summed E-state index contributed by atoms with van der Waals surface area (Å²) in [6.45, 7) is 7.96. The number of hydrogen-bond acceptors (Lipinski definition) is 2. The van der Waals surface area contributed by atoms with E-state index in [2.05, 4.69) is 25.2 Å². The zero-order valence-electron chi connectivity index (χ0n) is 12.5. The van der Waals surface area contributed by atoms with Crippen LogP contribution in [0.4, 0.5) is 5.69 Å². The van der Waals surface area contributed by atoms with Gasteiger partial charge in [0, 0.05) is 5.69 Å². The molecule has 2 aromatic rings. The summed E-state index contributed by atoms with van der Waals surface area (Å²) in [5.74, 6) is 1.71. The predicted molar refractivity (Wildman–Crippen MR) is 81.3 cm³/mol. The summed E-state index contributed by atoms with van der Waals surface area (Å²) < 4.78 is 5.41. The van der Waals surface area contributed by atoms with E-state index in [9.17, 15) is 4.79 Å². The van der Waals surface area contributed by atoms with Gasteiger partial charge in [0.25, 0.3) is 5.91 Å². The van der Waals surface area contributed by atoms with Crippen LogP contribution in [-0.4, -0.2) is 5.91 Å². The van der Waals surface area contributed by atoms with Gasteiger partial charge >= 0.3 is 0 Å². The van der Waals surface area contributed by atoms with E-state index in [1.165, 1.54) is 5.56 Å². The van der Waals surface area contributed by atoms with Crippen LogP contribution in [0.3, 0.4) is 0 Å². The molecule has 1 atom stereocenters. The van der Waals surface area contributed by atoms with Gasteiger partial charge in [-0.3, -0.25) is 4.79 Å². The van der Waals surface area contributed by atoms with E-state index < -0.39 is 0 Å². The molecule has 2 rings (SSSR count).